The molecule has 3 aromatic rings. The molecule has 0 bridgehead atoms. The van der Waals surface area contributed by atoms with Gasteiger partial charge in [-0.05, 0) is 30.3 Å². The van der Waals surface area contributed by atoms with Crippen molar-refractivity contribution < 1.29 is 9.90 Å². The van der Waals surface area contributed by atoms with Gasteiger partial charge in [0.05, 0.1) is 5.92 Å². The normalized spacial score (nSPS) is 11.3. The van der Waals surface area contributed by atoms with Crippen molar-refractivity contribution in [3.63, 3.8) is 0 Å². The summed E-state index contributed by atoms with van der Waals surface area (Å²) in [6.45, 7) is 3.56. The SMILES string of the molecule is CCC(C)C(=O)O.c1ccc(P(c2ccccc2)c2ccccc2)cc1. The Balaban J connectivity index is 0.000000298. The number of rotatable bonds is 5. The van der Waals surface area contributed by atoms with Gasteiger partial charge in [0.25, 0.3) is 0 Å². The Kier molecular flexibility index (Phi) is 8.05. The van der Waals surface area contributed by atoms with Crippen LogP contribution in [0, 0.1) is 5.92 Å². The first kappa shape index (κ1) is 19.9. The molecule has 0 aliphatic carbocycles. The van der Waals surface area contributed by atoms with E-state index in [9.17, 15) is 4.79 Å². The maximum Gasteiger partial charge on any atom is 0.306 e. The Bertz CT molecular complexity index is 679. The summed E-state index contributed by atoms with van der Waals surface area (Å²) in [5.74, 6) is -0.887. The van der Waals surface area contributed by atoms with Crippen LogP contribution in [0.15, 0.2) is 91.0 Å². The van der Waals surface area contributed by atoms with Crippen molar-refractivity contribution in [3.05, 3.63) is 91.0 Å². The standard InChI is InChI=1S/C18H15P.C5H10O2/c1-4-10-16(11-5-1)19(17-12-6-2-7-13-17)18-14-8-3-9-15-18;1-3-4(2)5(6)7/h1-15H;4H,3H2,1-2H3,(H,6,7). The fourth-order valence-corrected chi connectivity index (χ4v) is 4.66. The number of carbonyl (C=O) groups is 1. The zero-order valence-electron chi connectivity index (χ0n) is 15.2. The molecule has 0 heterocycles. The molecule has 3 aromatic carbocycles. The molecule has 26 heavy (non-hydrogen) atoms. The third kappa shape index (κ3) is 5.82. The zero-order chi connectivity index (χ0) is 18.8. The first-order chi connectivity index (χ1) is 12.6. The fourth-order valence-electron chi connectivity index (χ4n) is 2.35. The quantitative estimate of drug-likeness (QED) is 0.674. The van der Waals surface area contributed by atoms with Gasteiger partial charge in [-0.15, -0.1) is 0 Å². The summed E-state index contributed by atoms with van der Waals surface area (Å²) in [6.07, 6.45) is 0.718. The summed E-state index contributed by atoms with van der Waals surface area (Å²) >= 11 is 0. The number of hydrogen-bond acceptors (Lipinski definition) is 1. The van der Waals surface area contributed by atoms with Crippen molar-refractivity contribution in [1.82, 2.24) is 0 Å². The average molecular weight is 364 g/mol. The van der Waals surface area contributed by atoms with Crippen LogP contribution in [-0.2, 0) is 4.79 Å². The number of carboxylic acid groups (broad SMARTS) is 1. The summed E-state index contributed by atoms with van der Waals surface area (Å²) < 4.78 is 0. The lowest BCUT2D eigenvalue weighted by Gasteiger charge is -2.18. The van der Waals surface area contributed by atoms with Crippen molar-refractivity contribution in [3.8, 4) is 0 Å². The maximum absolute atomic E-state index is 9.93. The zero-order valence-corrected chi connectivity index (χ0v) is 16.1. The Hall–Kier alpha value is -2.44. The minimum Gasteiger partial charge on any atom is -0.481 e. The lowest BCUT2D eigenvalue weighted by atomic mass is 10.1. The van der Waals surface area contributed by atoms with Crippen molar-refractivity contribution in [1.29, 1.82) is 0 Å². The molecule has 0 aliphatic rings. The van der Waals surface area contributed by atoms with Gasteiger partial charge in [-0.3, -0.25) is 4.79 Å². The number of carboxylic acids is 1. The topological polar surface area (TPSA) is 37.3 Å². The number of aliphatic carboxylic acids is 1. The minimum atomic E-state index is -0.706. The van der Waals surface area contributed by atoms with Crippen molar-refractivity contribution in [2.24, 2.45) is 5.92 Å². The molecule has 0 amide bonds. The van der Waals surface area contributed by atoms with Gasteiger partial charge in [0, 0.05) is 0 Å². The van der Waals surface area contributed by atoms with E-state index in [1.807, 2.05) is 6.92 Å². The number of hydrogen-bond donors (Lipinski definition) is 1. The van der Waals surface area contributed by atoms with Crippen LogP contribution in [-0.4, -0.2) is 11.1 Å². The monoisotopic (exact) mass is 364 g/mol. The summed E-state index contributed by atoms with van der Waals surface area (Å²) in [5.41, 5.74) is 0. The molecule has 0 saturated carbocycles. The highest BCUT2D eigenvalue weighted by Crippen LogP contribution is 2.32. The lowest BCUT2D eigenvalue weighted by molar-refractivity contribution is -0.141. The van der Waals surface area contributed by atoms with Gasteiger partial charge in [0.2, 0.25) is 0 Å². The largest absolute Gasteiger partial charge is 0.481 e. The fraction of sp³-hybridized carbons (Fsp3) is 0.174. The van der Waals surface area contributed by atoms with Crippen molar-refractivity contribution in [2.45, 2.75) is 20.3 Å². The van der Waals surface area contributed by atoms with E-state index < -0.39 is 13.9 Å². The molecule has 0 aromatic heterocycles. The first-order valence-corrected chi connectivity index (χ1v) is 10.2. The van der Waals surface area contributed by atoms with Gasteiger partial charge in [0.1, 0.15) is 0 Å². The summed E-state index contributed by atoms with van der Waals surface area (Å²) in [6, 6.07) is 32.3. The van der Waals surface area contributed by atoms with Crippen LogP contribution in [0.4, 0.5) is 0 Å². The van der Waals surface area contributed by atoms with Crippen LogP contribution < -0.4 is 15.9 Å². The van der Waals surface area contributed by atoms with Crippen LogP contribution in [0.25, 0.3) is 0 Å². The molecule has 0 radical (unpaired) electrons. The third-order valence-corrected chi connectivity index (χ3v) is 6.52. The Labute approximate surface area is 157 Å². The van der Waals surface area contributed by atoms with Gasteiger partial charge in [-0.1, -0.05) is 105 Å². The van der Waals surface area contributed by atoms with Crippen LogP contribution >= 0.6 is 7.92 Å². The number of benzene rings is 3. The average Bonchev–Trinajstić information content (AvgIpc) is 2.70. The highest BCUT2D eigenvalue weighted by Gasteiger charge is 2.14. The second-order valence-corrected chi connectivity index (χ2v) is 8.21. The maximum atomic E-state index is 9.93. The molecule has 3 heteroatoms. The second-order valence-electron chi connectivity index (χ2n) is 5.99. The first-order valence-electron chi connectivity index (χ1n) is 8.81. The predicted molar refractivity (Wildman–Crippen MR) is 112 cm³/mol. The molecular formula is C23H25O2P. The van der Waals surface area contributed by atoms with E-state index in [1.54, 1.807) is 6.92 Å². The minimum absolute atomic E-state index is 0.181. The molecular weight excluding hydrogens is 339 g/mol. The van der Waals surface area contributed by atoms with Crippen LogP contribution in [0.3, 0.4) is 0 Å². The molecule has 1 N–H and O–H groups in total. The van der Waals surface area contributed by atoms with E-state index in [2.05, 4.69) is 91.0 Å². The van der Waals surface area contributed by atoms with Crippen molar-refractivity contribution >= 4 is 29.8 Å². The van der Waals surface area contributed by atoms with Gasteiger partial charge in [0.15, 0.2) is 0 Å². The lowest BCUT2D eigenvalue weighted by Crippen LogP contribution is -2.20. The van der Waals surface area contributed by atoms with Gasteiger partial charge >= 0.3 is 5.97 Å². The molecule has 2 nitrogen and oxygen atoms in total. The second kappa shape index (κ2) is 10.5. The van der Waals surface area contributed by atoms with Crippen LogP contribution in [0.1, 0.15) is 20.3 Å². The Morgan fingerprint density at radius 2 is 1.08 bits per heavy atom. The van der Waals surface area contributed by atoms with Crippen LogP contribution in [0.5, 0.6) is 0 Å². The van der Waals surface area contributed by atoms with Gasteiger partial charge in [-0.25, -0.2) is 0 Å². The van der Waals surface area contributed by atoms with Gasteiger partial charge < -0.3 is 5.11 Å². The molecule has 0 fully saturated rings. The van der Waals surface area contributed by atoms with E-state index in [1.165, 1.54) is 15.9 Å². The van der Waals surface area contributed by atoms with E-state index in [0.29, 0.717) is 0 Å². The van der Waals surface area contributed by atoms with E-state index in [0.717, 1.165) is 6.42 Å². The molecule has 3 rings (SSSR count). The third-order valence-electron chi connectivity index (χ3n) is 4.08. The molecule has 134 valence electrons. The van der Waals surface area contributed by atoms with Gasteiger partial charge in [-0.2, -0.15) is 0 Å². The smallest absolute Gasteiger partial charge is 0.306 e. The highest BCUT2D eigenvalue weighted by molar-refractivity contribution is 7.79. The van der Waals surface area contributed by atoms with E-state index in [-0.39, 0.29) is 5.92 Å². The highest BCUT2D eigenvalue weighted by atomic mass is 31.1. The molecule has 0 aliphatic heterocycles. The molecule has 0 spiro atoms. The van der Waals surface area contributed by atoms with E-state index in [4.69, 9.17) is 5.11 Å². The summed E-state index contributed by atoms with van der Waals surface area (Å²) in [5, 5.41) is 12.4. The molecule has 0 saturated heterocycles. The Morgan fingerprint density at radius 1 is 0.769 bits per heavy atom. The van der Waals surface area contributed by atoms with Crippen molar-refractivity contribution in [2.75, 3.05) is 0 Å². The molecule has 1 unspecified atom stereocenters. The predicted octanol–water partition coefficient (Wildman–Crippen LogP) is 4.56. The Morgan fingerprint density at radius 3 is 1.27 bits per heavy atom. The van der Waals surface area contributed by atoms with Crippen LogP contribution in [0.2, 0.25) is 0 Å². The van der Waals surface area contributed by atoms with E-state index >= 15 is 0 Å². The summed E-state index contributed by atoms with van der Waals surface area (Å²) in [4.78, 5) is 9.93. The summed E-state index contributed by atoms with van der Waals surface area (Å²) in [7, 11) is -0.446. The molecule has 1 atom stereocenters.